The van der Waals surface area contributed by atoms with E-state index in [-0.39, 0.29) is 26.3 Å². The van der Waals surface area contributed by atoms with Gasteiger partial charge in [-0.15, -0.1) is 0 Å². The first-order valence-corrected chi connectivity index (χ1v) is 0.532. The molecular weight excluding hydrogens is 93.6 g/mol. The van der Waals surface area contributed by atoms with Crippen LogP contribution in [-0.4, -0.2) is 18.9 Å². The van der Waals surface area contributed by atoms with Crippen LogP contribution in [0.5, 0.6) is 0 Å². The first-order chi connectivity index (χ1) is 1.00. The third-order valence-electron chi connectivity index (χ3n) is 0. The average molecular weight is 93.6 g/mol. The monoisotopic (exact) mass is 92.9 g/mol. The van der Waals surface area contributed by atoms with E-state index in [0.29, 0.717) is 0 Å². The summed E-state index contributed by atoms with van der Waals surface area (Å²) in [6.07, 6.45) is 0. The van der Waals surface area contributed by atoms with Crippen molar-refractivity contribution in [2.24, 2.45) is 0 Å². The van der Waals surface area contributed by atoms with Crippen LogP contribution in [0.15, 0.2) is 0 Å². The summed E-state index contributed by atoms with van der Waals surface area (Å²) in [5.41, 5.74) is 0. The molecule has 0 atom stereocenters. The molecule has 0 saturated carbocycles. The van der Waals surface area contributed by atoms with E-state index in [1.165, 1.54) is 0 Å². The van der Waals surface area contributed by atoms with Crippen molar-refractivity contribution in [2.45, 2.75) is 0 Å². The van der Waals surface area contributed by atoms with Gasteiger partial charge in [-0.25, -0.2) is 0 Å². The van der Waals surface area contributed by atoms with Crippen molar-refractivity contribution in [1.82, 2.24) is 0 Å². The Bertz CT molecular complexity index is 8.00. The molecule has 4 heavy (non-hydrogen) atoms. The molecule has 0 saturated heterocycles. The molecule has 0 aliphatic carbocycles. The molecule has 0 unspecified atom stereocenters. The van der Waals surface area contributed by atoms with Crippen molar-refractivity contribution in [3.05, 3.63) is 7.43 Å². The average Bonchev–Trinajstić information content (AvgIpc) is 1.00. The Morgan fingerprint density at radius 3 is 1.25 bits per heavy atom. The Morgan fingerprint density at radius 2 is 1.25 bits per heavy atom. The van der Waals surface area contributed by atoms with Gasteiger partial charge in [0.2, 0.25) is 0 Å². The molecule has 0 heterocycles. The zero-order valence-electron chi connectivity index (χ0n) is 2.22. The maximum absolute atomic E-state index is 7.88. The van der Waals surface area contributed by atoms with E-state index in [1.807, 2.05) is 0 Å². The van der Waals surface area contributed by atoms with Gasteiger partial charge in [0.25, 0.3) is 0 Å². The molecular formula is CLiNiO. The Hall–Kier alpha value is 0.891. The summed E-state index contributed by atoms with van der Waals surface area (Å²) in [4.78, 5) is 0. The van der Waals surface area contributed by atoms with Gasteiger partial charge in [0.05, 0.1) is 0 Å². The minimum absolute atomic E-state index is 0. The second-order valence-corrected chi connectivity index (χ2v) is 0. The molecule has 0 aliphatic heterocycles. The molecule has 5 radical (unpaired) electrons. The summed E-state index contributed by atoms with van der Waals surface area (Å²) >= 11 is 2.62. The maximum atomic E-state index is 7.88. The SMILES string of the molecule is [C].[Li].[O]=[Ni]. The van der Waals surface area contributed by atoms with Crippen LogP contribution in [0.3, 0.4) is 0 Å². The van der Waals surface area contributed by atoms with E-state index in [4.69, 9.17) is 3.90 Å². The van der Waals surface area contributed by atoms with Gasteiger partial charge in [0.15, 0.2) is 0 Å². The van der Waals surface area contributed by atoms with E-state index in [9.17, 15) is 0 Å². The van der Waals surface area contributed by atoms with Crippen LogP contribution < -0.4 is 0 Å². The topological polar surface area (TPSA) is 17.1 Å². The minimum atomic E-state index is 0. The molecule has 0 N–H and O–H groups in total. The van der Waals surface area contributed by atoms with Crippen molar-refractivity contribution in [2.75, 3.05) is 0 Å². The first-order valence-electron chi connectivity index (χ1n) is 0.129. The van der Waals surface area contributed by atoms with Crippen LogP contribution in [0.25, 0.3) is 0 Å². The summed E-state index contributed by atoms with van der Waals surface area (Å²) in [5.74, 6) is 0. The van der Waals surface area contributed by atoms with Gasteiger partial charge in [-0.1, -0.05) is 0 Å². The molecule has 0 amide bonds. The Morgan fingerprint density at radius 1 is 1.25 bits per heavy atom. The van der Waals surface area contributed by atoms with E-state index < -0.39 is 0 Å². The van der Waals surface area contributed by atoms with E-state index in [2.05, 4.69) is 15.4 Å². The molecule has 0 fully saturated rings. The summed E-state index contributed by atoms with van der Waals surface area (Å²) in [6.45, 7) is 0. The summed E-state index contributed by atoms with van der Waals surface area (Å²) in [7, 11) is 0. The van der Waals surface area contributed by atoms with Crippen LogP contribution in [0, 0.1) is 7.43 Å². The van der Waals surface area contributed by atoms with E-state index >= 15 is 0 Å². The second-order valence-electron chi connectivity index (χ2n) is 0. The van der Waals surface area contributed by atoms with Gasteiger partial charge >= 0.3 is 19.3 Å². The van der Waals surface area contributed by atoms with Crippen LogP contribution in [-0.2, 0) is 19.3 Å². The van der Waals surface area contributed by atoms with Crippen molar-refractivity contribution < 1.29 is 19.3 Å². The molecule has 3 heteroatoms. The van der Waals surface area contributed by atoms with Gasteiger partial charge in [0, 0.05) is 26.3 Å². The fraction of sp³-hybridized carbons (Fsp3) is 0. The molecule has 21 valence electrons. The molecule has 0 aromatic rings. The van der Waals surface area contributed by atoms with Crippen LogP contribution in [0.4, 0.5) is 0 Å². The fourth-order valence-corrected chi connectivity index (χ4v) is 0. The zero-order valence-corrected chi connectivity index (χ0v) is 3.21. The van der Waals surface area contributed by atoms with Crippen LogP contribution in [0.2, 0.25) is 0 Å². The van der Waals surface area contributed by atoms with Crippen molar-refractivity contribution in [3.63, 3.8) is 0 Å². The second kappa shape index (κ2) is 41.0. The number of rotatable bonds is 0. The molecule has 0 rings (SSSR count). The van der Waals surface area contributed by atoms with Crippen LogP contribution in [0.1, 0.15) is 0 Å². The van der Waals surface area contributed by atoms with Gasteiger partial charge in [-0.2, -0.15) is 0 Å². The van der Waals surface area contributed by atoms with Crippen molar-refractivity contribution in [1.29, 1.82) is 0 Å². The molecule has 0 aromatic heterocycles. The standard InChI is InChI=1S/C.Li.Ni.O. The quantitative estimate of drug-likeness (QED) is 0.372. The van der Waals surface area contributed by atoms with Crippen LogP contribution >= 0.6 is 0 Å². The van der Waals surface area contributed by atoms with Gasteiger partial charge in [0.1, 0.15) is 0 Å². The molecule has 0 aliphatic rings. The van der Waals surface area contributed by atoms with Gasteiger partial charge in [-0.3, -0.25) is 0 Å². The summed E-state index contributed by atoms with van der Waals surface area (Å²) in [5, 5.41) is 0. The Labute approximate surface area is 45.9 Å². The molecule has 0 aromatic carbocycles. The molecule has 0 bridgehead atoms. The third kappa shape index (κ3) is 13.0. The predicted octanol–water partition coefficient (Wildman–Crippen LogP) is -0.421. The van der Waals surface area contributed by atoms with E-state index in [1.54, 1.807) is 0 Å². The number of hydrogen-bond donors (Lipinski definition) is 0. The predicted molar refractivity (Wildman–Crippen MR) is 9.68 cm³/mol. The zero-order chi connectivity index (χ0) is 2.00. The van der Waals surface area contributed by atoms with Gasteiger partial charge < -0.3 is 0 Å². The normalized spacial score (nSPS) is 1.50. The van der Waals surface area contributed by atoms with E-state index in [0.717, 1.165) is 0 Å². The Kier molecular flexibility index (Phi) is 212. The third-order valence-corrected chi connectivity index (χ3v) is 0. The van der Waals surface area contributed by atoms with Crippen molar-refractivity contribution >= 4 is 18.9 Å². The first kappa shape index (κ1) is 20.7. The number of hydrogen-bond acceptors (Lipinski definition) is 1. The van der Waals surface area contributed by atoms with Crippen molar-refractivity contribution in [3.8, 4) is 0 Å². The molecule has 0 spiro atoms. The summed E-state index contributed by atoms with van der Waals surface area (Å²) < 4.78 is 7.88. The Balaban J connectivity index is -0.00000000500. The summed E-state index contributed by atoms with van der Waals surface area (Å²) in [6, 6.07) is 0. The fourth-order valence-electron chi connectivity index (χ4n) is 0. The molecule has 1 nitrogen and oxygen atoms in total. The van der Waals surface area contributed by atoms with Gasteiger partial charge in [-0.05, 0) is 0 Å².